The normalized spacial score (nSPS) is 16.6. The van der Waals surface area contributed by atoms with Gasteiger partial charge in [-0.2, -0.15) is 0 Å². The van der Waals surface area contributed by atoms with E-state index < -0.39 is 0 Å². The second kappa shape index (κ2) is 6.55. The molecule has 2 atom stereocenters. The molecule has 0 aromatic heterocycles. The van der Waals surface area contributed by atoms with E-state index in [4.69, 9.17) is 17.3 Å². The Balaban J connectivity index is 3.12. The quantitative estimate of drug-likeness (QED) is 0.849. The molecular weight excluding hydrogens is 244 g/mol. The van der Waals surface area contributed by atoms with Gasteiger partial charge in [-0.15, -0.1) is 0 Å². The van der Waals surface area contributed by atoms with Gasteiger partial charge in [0.2, 0.25) is 0 Å². The molecule has 2 unspecified atom stereocenters. The van der Waals surface area contributed by atoms with Gasteiger partial charge < -0.3 is 5.73 Å². The van der Waals surface area contributed by atoms with Gasteiger partial charge >= 0.3 is 0 Å². The van der Waals surface area contributed by atoms with Gasteiger partial charge in [-0.05, 0) is 38.1 Å². The van der Waals surface area contributed by atoms with Crippen molar-refractivity contribution in [3.05, 3.63) is 34.9 Å². The molecule has 0 fully saturated rings. The molecule has 0 aliphatic heterocycles. The van der Waals surface area contributed by atoms with Crippen LogP contribution in [0.2, 0.25) is 5.02 Å². The van der Waals surface area contributed by atoms with Crippen molar-refractivity contribution in [2.24, 2.45) is 5.73 Å². The maximum absolute atomic E-state index is 6.51. The highest BCUT2D eigenvalue weighted by Crippen LogP contribution is 2.35. The molecule has 0 spiro atoms. The third-order valence-corrected chi connectivity index (χ3v) is 4.46. The first-order chi connectivity index (χ1) is 8.51. The van der Waals surface area contributed by atoms with Crippen LogP contribution in [0.25, 0.3) is 0 Å². The van der Waals surface area contributed by atoms with Crippen LogP contribution in [0.1, 0.15) is 45.7 Å². The van der Waals surface area contributed by atoms with Crippen LogP contribution in [0.4, 0.5) is 0 Å². The summed E-state index contributed by atoms with van der Waals surface area (Å²) in [5.74, 6) is 0. The predicted octanol–water partition coefficient (Wildman–Crippen LogP) is 3.85. The number of nitrogens with two attached hydrogens (primary N) is 1. The molecule has 0 aliphatic rings. The number of rotatable bonds is 6. The second-order valence-corrected chi connectivity index (χ2v) is 5.29. The average Bonchev–Trinajstić information content (AvgIpc) is 2.39. The van der Waals surface area contributed by atoms with E-state index in [1.54, 1.807) is 0 Å². The highest BCUT2D eigenvalue weighted by Gasteiger charge is 2.36. The van der Waals surface area contributed by atoms with Crippen molar-refractivity contribution in [2.75, 3.05) is 13.1 Å². The fourth-order valence-electron chi connectivity index (χ4n) is 2.65. The lowest BCUT2D eigenvalue weighted by Crippen LogP contribution is -2.53. The summed E-state index contributed by atoms with van der Waals surface area (Å²) >= 11 is 6.27. The molecule has 18 heavy (non-hydrogen) atoms. The summed E-state index contributed by atoms with van der Waals surface area (Å²) in [6, 6.07) is 7.81. The first-order valence-electron chi connectivity index (χ1n) is 6.76. The summed E-state index contributed by atoms with van der Waals surface area (Å²) < 4.78 is 0. The Kier molecular flexibility index (Phi) is 5.64. The Hall–Kier alpha value is -0.570. The Morgan fingerprint density at radius 3 is 2.22 bits per heavy atom. The zero-order valence-corrected chi connectivity index (χ0v) is 12.7. The molecule has 2 N–H and O–H groups in total. The Labute approximate surface area is 116 Å². The summed E-state index contributed by atoms with van der Waals surface area (Å²) in [6.45, 7) is 10.8. The lowest BCUT2D eigenvalue weighted by atomic mass is 9.83. The Morgan fingerprint density at radius 1 is 1.22 bits per heavy atom. The molecule has 0 amide bonds. The zero-order chi connectivity index (χ0) is 13.8. The minimum absolute atomic E-state index is 0.0610. The van der Waals surface area contributed by atoms with E-state index in [-0.39, 0.29) is 11.6 Å². The van der Waals surface area contributed by atoms with Gasteiger partial charge in [0.1, 0.15) is 0 Å². The van der Waals surface area contributed by atoms with Gasteiger partial charge in [0.05, 0.1) is 0 Å². The lowest BCUT2D eigenvalue weighted by molar-refractivity contribution is 0.0845. The Bertz CT molecular complexity index is 377. The summed E-state index contributed by atoms with van der Waals surface area (Å²) in [7, 11) is 0. The zero-order valence-electron chi connectivity index (χ0n) is 11.9. The third kappa shape index (κ3) is 2.87. The molecule has 0 radical (unpaired) electrons. The van der Waals surface area contributed by atoms with Crippen molar-refractivity contribution >= 4 is 11.6 Å². The molecule has 0 bridgehead atoms. The van der Waals surface area contributed by atoms with Crippen LogP contribution in [-0.2, 0) is 0 Å². The molecule has 1 aromatic rings. The van der Waals surface area contributed by atoms with Crippen LogP contribution < -0.4 is 5.73 Å². The predicted molar refractivity (Wildman–Crippen MR) is 80.0 cm³/mol. The van der Waals surface area contributed by atoms with Gasteiger partial charge in [-0.1, -0.05) is 50.6 Å². The number of hydrogen-bond acceptors (Lipinski definition) is 2. The number of halogens is 1. The number of hydrogen-bond donors (Lipinski definition) is 1. The molecule has 0 heterocycles. The van der Waals surface area contributed by atoms with Crippen LogP contribution in [0.15, 0.2) is 24.3 Å². The van der Waals surface area contributed by atoms with Crippen molar-refractivity contribution in [1.29, 1.82) is 0 Å². The smallest absolute Gasteiger partial charge is 0.0494 e. The molecule has 0 saturated heterocycles. The van der Waals surface area contributed by atoms with E-state index in [1.165, 1.54) is 0 Å². The number of likely N-dealkylation sites (N-methyl/N-ethyl adjacent to an activating group) is 1. The van der Waals surface area contributed by atoms with Crippen molar-refractivity contribution in [1.82, 2.24) is 4.90 Å². The first kappa shape index (κ1) is 15.5. The standard InChI is InChI=1S/C15H25ClN2/c1-5-15(4,18(6-2)7-3)14(17)12-10-8-9-11-13(12)16/h8-11,14H,5-7,17H2,1-4H3. The second-order valence-electron chi connectivity index (χ2n) is 4.88. The third-order valence-electron chi connectivity index (χ3n) is 4.11. The summed E-state index contributed by atoms with van der Waals surface area (Å²) in [4.78, 5) is 2.42. The first-order valence-corrected chi connectivity index (χ1v) is 7.14. The molecule has 1 aromatic carbocycles. The number of nitrogens with zero attached hydrogens (tertiary/aromatic N) is 1. The molecule has 0 aliphatic carbocycles. The van der Waals surface area contributed by atoms with E-state index in [0.717, 1.165) is 30.1 Å². The minimum atomic E-state index is -0.0731. The largest absolute Gasteiger partial charge is 0.322 e. The van der Waals surface area contributed by atoms with Crippen LogP contribution >= 0.6 is 11.6 Å². The van der Waals surface area contributed by atoms with E-state index >= 15 is 0 Å². The van der Waals surface area contributed by atoms with Gasteiger partial charge in [0, 0.05) is 16.6 Å². The fourth-order valence-corrected chi connectivity index (χ4v) is 2.90. The molecule has 102 valence electrons. The van der Waals surface area contributed by atoms with Crippen LogP contribution in [0.5, 0.6) is 0 Å². The minimum Gasteiger partial charge on any atom is -0.322 e. The van der Waals surface area contributed by atoms with Gasteiger partial charge in [-0.25, -0.2) is 0 Å². The van der Waals surface area contributed by atoms with Gasteiger partial charge in [0.15, 0.2) is 0 Å². The van der Waals surface area contributed by atoms with Gasteiger partial charge in [-0.3, -0.25) is 4.90 Å². The highest BCUT2D eigenvalue weighted by molar-refractivity contribution is 6.31. The average molecular weight is 269 g/mol. The maximum atomic E-state index is 6.51. The van der Waals surface area contributed by atoms with Crippen LogP contribution in [0, 0.1) is 0 Å². The summed E-state index contributed by atoms with van der Waals surface area (Å²) in [5.41, 5.74) is 7.49. The number of benzene rings is 1. The summed E-state index contributed by atoms with van der Waals surface area (Å²) in [6.07, 6.45) is 1.00. The lowest BCUT2D eigenvalue weighted by Gasteiger charge is -2.44. The SMILES string of the molecule is CCN(CC)C(C)(CC)C(N)c1ccccc1Cl. The maximum Gasteiger partial charge on any atom is 0.0494 e. The van der Waals surface area contributed by atoms with Crippen molar-refractivity contribution in [3.63, 3.8) is 0 Å². The fraction of sp³-hybridized carbons (Fsp3) is 0.600. The van der Waals surface area contributed by atoms with Gasteiger partial charge in [0.25, 0.3) is 0 Å². The van der Waals surface area contributed by atoms with Crippen molar-refractivity contribution in [2.45, 2.75) is 45.7 Å². The van der Waals surface area contributed by atoms with E-state index in [2.05, 4.69) is 32.6 Å². The van der Waals surface area contributed by atoms with Crippen molar-refractivity contribution in [3.8, 4) is 0 Å². The van der Waals surface area contributed by atoms with Crippen LogP contribution in [-0.4, -0.2) is 23.5 Å². The molecule has 1 rings (SSSR count). The molecular formula is C15H25ClN2. The topological polar surface area (TPSA) is 29.3 Å². The van der Waals surface area contributed by atoms with E-state index in [9.17, 15) is 0 Å². The van der Waals surface area contributed by atoms with Crippen LogP contribution in [0.3, 0.4) is 0 Å². The molecule has 0 saturated carbocycles. The highest BCUT2D eigenvalue weighted by atomic mass is 35.5. The van der Waals surface area contributed by atoms with E-state index in [0.29, 0.717) is 0 Å². The van der Waals surface area contributed by atoms with E-state index in [1.807, 2.05) is 24.3 Å². The molecule has 2 nitrogen and oxygen atoms in total. The Morgan fingerprint density at radius 2 is 1.78 bits per heavy atom. The molecule has 3 heteroatoms. The summed E-state index contributed by atoms with van der Waals surface area (Å²) in [5, 5.41) is 0.761. The monoisotopic (exact) mass is 268 g/mol. The van der Waals surface area contributed by atoms with Crippen molar-refractivity contribution < 1.29 is 0 Å².